The fourth-order valence-corrected chi connectivity index (χ4v) is 1.36. The summed E-state index contributed by atoms with van der Waals surface area (Å²) in [7, 11) is 0. The summed E-state index contributed by atoms with van der Waals surface area (Å²) in [6, 6.07) is 0. The molecule has 3 N–H and O–H groups in total. The Balaban J connectivity index is 4.36. The number of hydrogen-bond donors (Lipinski definition) is 2. The maximum absolute atomic E-state index is 11.7. The predicted octanol–water partition coefficient (Wildman–Crippen LogP) is 1.57. The lowest BCUT2D eigenvalue weighted by Gasteiger charge is -2.29. The minimum Gasteiger partial charge on any atom is -0.481 e. The van der Waals surface area contributed by atoms with E-state index in [-0.39, 0.29) is 18.1 Å². The summed E-state index contributed by atoms with van der Waals surface area (Å²) in [5.41, 5.74) is 4.86. The van der Waals surface area contributed by atoms with Crippen molar-refractivity contribution < 1.29 is 14.7 Å². The molecular weight excluding hydrogens is 194 g/mol. The molecule has 0 radical (unpaired) electrons. The lowest BCUT2D eigenvalue weighted by Crippen LogP contribution is -2.51. The van der Waals surface area contributed by atoms with Crippen molar-refractivity contribution in [3.63, 3.8) is 0 Å². The van der Waals surface area contributed by atoms with E-state index in [0.29, 0.717) is 6.42 Å². The Morgan fingerprint density at radius 2 is 2.00 bits per heavy atom. The van der Waals surface area contributed by atoms with Gasteiger partial charge >= 0.3 is 5.97 Å². The minimum absolute atomic E-state index is 0.0434. The molecule has 0 saturated carbocycles. The highest BCUT2D eigenvalue weighted by molar-refractivity contribution is 5.88. The van der Waals surface area contributed by atoms with Crippen LogP contribution in [0.4, 0.5) is 0 Å². The number of ketones is 1. The van der Waals surface area contributed by atoms with Gasteiger partial charge in [-0.1, -0.05) is 20.3 Å². The molecular formula is C11H21NO3. The number of aliphatic carboxylic acids is 1. The van der Waals surface area contributed by atoms with Crippen molar-refractivity contribution in [2.24, 2.45) is 11.7 Å². The minimum atomic E-state index is -1.02. The second kappa shape index (κ2) is 5.85. The standard InChI is InChI=1S/C11H21NO3/c1-4-5-6-9(13)11(3,12)8(2)7-10(14)15/h8H,4-7,12H2,1-3H3,(H,14,15). The van der Waals surface area contributed by atoms with Gasteiger partial charge in [-0.05, 0) is 19.3 Å². The zero-order valence-electron chi connectivity index (χ0n) is 9.75. The Bertz CT molecular complexity index is 236. The molecule has 0 heterocycles. The molecule has 0 aromatic rings. The first kappa shape index (κ1) is 14.1. The van der Waals surface area contributed by atoms with Crippen LogP contribution in [0.1, 0.15) is 46.5 Å². The van der Waals surface area contributed by atoms with Crippen LogP contribution < -0.4 is 5.73 Å². The van der Waals surface area contributed by atoms with Gasteiger partial charge in [0.2, 0.25) is 0 Å². The topological polar surface area (TPSA) is 80.4 Å². The molecule has 2 unspecified atom stereocenters. The summed E-state index contributed by atoms with van der Waals surface area (Å²) in [6.45, 7) is 5.33. The van der Waals surface area contributed by atoms with Gasteiger partial charge in [0.15, 0.2) is 5.78 Å². The summed E-state index contributed by atoms with van der Waals surface area (Å²) in [5.74, 6) is -1.29. The van der Waals surface area contributed by atoms with Crippen molar-refractivity contribution in [1.29, 1.82) is 0 Å². The normalized spacial score (nSPS) is 16.8. The Labute approximate surface area is 90.8 Å². The highest BCUT2D eigenvalue weighted by Gasteiger charge is 2.34. The van der Waals surface area contributed by atoms with Crippen molar-refractivity contribution in [3.05, 3.63) is 0 Å². The maximum Gasteiger partial charge on any atom is 0.303 e. The molecule has 2 atom stereocenters. The number of carboxylic acids is 1. The number of carbonyl (C=O) groups excluding carboxylic acids is 1. The van der Waals surface area contributed by atoms with E-state index in [2.05, 4.69) is 0 Å². The van der Waals surface area contributed by atoms with Crippen LogP contribution in [0.15, 0.2) is 0 Å². The highest BCUT2D eigenvalue weighted by Crippen LogP contribution is 2.21. The van der Waals surface area contributed by atoms with Crippen LogP contribution in [0.3, 0.4) is 0 Å². The van der Waals surface area contributed by atoms with Crippen LogP contribution >= 0.6 is 0 Å². The van der Waals surface area contributed by atoms with E-state index in [9.17, 15) is 9.59 Å². The fourth-order valence-electron chi connectivity index (χ4n) is 1.36. The van der Waals surface area contributed by atoms with E-state index in [1.54, 1.807) is 13.8 Å². The van der Waals surface area contributed by atoms with Gasteiger partial charge in [-0.25, -0.2) is 0 Å². The van der Waals surface area contributed by atoms with Crippen molar-refractivity contribution >= 4 is 11.8 Å². The fraction of sp³-hybridized carbons (Fsp3) is 0.818. The SMILES string of the molecule is CCCCC(=O)C(C)(N)C(C)CC(=O)O. The van der Waals surface area contributed by atoms with Gasteiger partial charge in [0, 0.05) is 6.42 Å². The summed E-state index contributed by atoms with van der Waals surface area (Å²) in [5, 5.41) is 8.64. The summed E-state index contributed by atoms with van der Waals surface area (Å²) in [4.78, 5) is 22.3. The highest BCUT2D eigenvalue weighted by atomic mass is 16.4. The third kappa shape index (κ3) is 4.42. The largest absolute Gasteiger partial charge is 0.481 e. The van der Waals surface area contributed by atoms with E-state index >= 15 is 0 Å². The monoisotopic (exact) mass is 215 g/mol. The zero-order valence-corrected chi connectivity index (χ0v) is 9.75. The molecule has 0 aliphatic heterocycles. The van der Waals surface area contributed by atoms with Gasteiger partial charge < -0.3 is 10.8 Å². The first-order valence-corrected chi connectivity index (χ1v) is 5.36. The van der Waals surface area contributed by atoms with Crippen LogP contribution in [0.5, 0.6) is 0 Å². The molecule has 0 aromatic carbocycles. The molecule has 15 heavy (non-hydrogen) atoms. The molecule has 4 heteroatoms. The molecule has 0 aromatic heterocycles. The summed E-state index contributed by atoms with van der Waals surface area (Å²) >= 11 is 0. The third-order valence-electron chi connectivity index (χ3n) is 2.86. The van der Waals surface area contributed by atoms with Crippen LogP contribution in [-0.2, 0) is 9.59 Å². The molecule has 88 valence electrons. The number of carboxylic acid groups (broad SMARTS) is 1. The lowest BCUT2D eigenvalue weighted by molar-refractivity contribution is -0.139. The Hall–Kier alpha value is -0.900. The van der Waals surface area contributed by atoms with E-state index in [1.807, 2.05) is 6.92 Å². The van der Waals surface area contributed by atoms with Gasteiger partial charge in [0.1, 0.15) is 0 Å². The summed E-state index contributed by atoms with van der Waals surface area (Å²) in [6.07, 6.45) is 2.12. The third-order valence-corrected chi connectivity index (χ3v) is 2.86. The van der Waals surface area contributed by atoms with Crippen LogP contribution in [0.25, 0.3) is 0 Å². The van der Waals surface area contributed by atoms with Crippen molar-refractivity contribution in [2.45, 2.75) is 52.0 Å². The number of carbonyl (C=O) groups is 2. The number of nitrogens with two attached hydrogens (primary N) is 1. The molecule has 0 rings (SSSR count). The Morgan fingerprint density at radius 3 is 2.40 bits per heavy atom. The lowest BCUT2D eigenvalue weighted by atomic mass is 9.80. The molecule has 0 bridgehead atoms. The number of hydrogen-bond acceptors (Lipinski definition) is 3. The van der Waals surface area contributed by atoms with Gasteiger partial charge in [0.25, 0.3) is 0 Å². The second-order valence-corrected chi connectivity index (χ2v) is 4.31. The molecule has 4 nitrogen and oxygen atoms in total. The number of unbranched alkanes of at least 4 members (excludes halogenated alkanes) is 1. The maximum atomic E-state index is 11.7. The Kier molecular flexibility index (Phi) is 5.50. The number of rotatable bonds is 7. The molecule has 0 saturated heterocycles. The smallest absolute Gasteiger partial charge is 0.303 e. The molecule has 0 fully saturated rings. The van der Waals surface area contributed by atoms with Gasteiger partial charge in [-0.3, -0.25) is 9.59 Å². The Morgan fingerprint density at radius 1 is 1.47 bits per heavy atom. The molecule has 0 aliphatic rings. The van der Waals surface area contributed by atoms with Crippen LogP contribution in [0.2, 0.25) is 0 Å². The van der Waals surface area contributed by atoms with Gasteiger partial charge in [-0.2, -0.15) is 0 Å². The average molecular weight is 215 g/mol. The average Bonchev–Trinajstić information content (AvgIpc) is 2.12. The van der Waals surface area contributed by atoms with E-state index in [0.717, 1.165) is 12.8 Å². The number of Topliss-reactive ketones (excluding diaryl/α,β-unsaturated/α-hetero) is 1. The van der Waals surface area contributed by atoms with Crippen LogP contribution in [-0.4, -0.2) is 22.4 Å². The molecule has 0 spiro atoms. The summed E-state index contributed by atoms with van der Waals surface area (Å²) < 4.78 is 0. The van der Waals surface area contributed by atoms with Crippen molar-refractivity contribution in [2.75, 3.05) is 0 Å². The van der Waals surface area contributed by atoms with Gasteiger partial charge in [-0.15, -0.1) is 0 Å². The van der Waals surface area contributed by atoms with Crippen LogP contribution in [0, 0.1) is 5.92 Å². The first-order chi connectivity index (χ1) is 6.82. The van der Waals surface area contributed by atoms with Crippen molar-refractivity contribution in [1.82, 2.24) is 0 Å². The molecule has 0 aliphatic carbocycles. The molecule has 0 amide bonds. The zero-order chi connectivity index (χ0) is 12.1. The van der Waals surface area contributed by atoms with Gasteiger partial charge in [0.05, 0.1) is 12.0 Å². The van der Waals surface area contributed by atoms with E-state index < -0.39 is 11.5 Å². The first-order valence-electron chi connectivity index (χ1n) is 5.36. The predicted molar refractivity (Wildman–Crippen MR) is 58.5 cm³/mol. The van der Waals surface area contributed by atoms with Crippen molar-refractivity contribution in [3.8, 4) is 0 Å². The quantitative estimate of drug-likeness (QED) is 0.675. The van der Waals surface area contributed by atoms with E-state index in [1.165, 1.54) is 0 Å². The van der Waals surface area contributed by atoms with E-state index in [4.69, 9.17) is 10.8 Å². The second-order valence-electron chi connectivity index (χ2n) is 4.31.